The van der Waals surface area contributed by atoms with Gasteiger partial charge in [0, 0.05) is 46.7 Å². The van der Waals surface area contributed by atoms with Crippen LogP contribution < -0.4 is 0 Å². The van der Waals surface area contributed by atoms with E-state index in [0.29, 0.717) is 18.1 Å². The third kappa shape index (κ3) is 2.85. The van der Waals surface area contributed by atoms with Crippen LogP contribution in [-0.4, -0.2) is 33.5 Å². The van der Waals surface area contributed by atoms with E-state index in [2.05, 4.69) is 4.98 Å². The second-order valence-corrected chi connectivity index (χ2v) is 6.79. The fourth-order valence-electron chi connectivity index (χ4n) is 2.94. The molecule has 1 amide bonds. The summed E-state index contributed by atoms with van der Waals surface area (Å²) in [4.78, 5) is 17.6. The van der Waals surface area contributed by atoms with E-state index in [1.807, 2.05) is 36.9 Å². The molecule has 4 nitrogen and oxygen atoms in total. The first-order chi connectivity index (χ1) is 10.5. The van der Waals surface area contributed by atoms with Crippen molar-refractivity contribution in [2.45, 2.75) is 39.3 Å². The van der Waals surface area contributed by atoms with Gasteiger partial charge in [-0.1, -0.05) is 25.4 Å². The lowest BCUT2D eigenvalue weighted by molar-refractivity contribution is -0.134. The summed E-state index contributed by atoms with van der Waals surface area (Å²) in [7, 11) is 0. The van der Waals surface area contributed by atoms with Crippen LogP contribution in [0.2, 0.25) is 5.02 Å². The predicted molar refractivity (Wildman–Crippen MR) is 87.9 cm³/mol. The average Bonchev–Trinajstić information content (AvgIpc) is 2.84. The number of aromatic amines is 1. The van der Waals surface area contributed by atoms with Crippen molar-refractivity contribution in [1.82, 2.24) is 9.88 Å². The Kier molecular flexibility index (Phi) is 4.15. The molecular formula is C17H21ClN2O2. The highest BCUT2D eigenvalue weighted by Gasteiger charge is 2.26. The van der Waals surface area contributed by atoms with Gasteiger partial charge < -0.3 is 15.0 Å². The monoisotopic (exact) mass is 320 g/mol. The molecule has 1 aromatic heterocycles. The minimum absolute atomic E-state index is 0.0169. The Morgan fingerprint density at radius 1 is 1.45 bits per heavy atom. The van der Waals surface area contributed by atoms with Crippen molar-refractivity contribution in [3.8, 4) is 0 Å². The summed E-state index contributed by atoms with van der Waals surface area (Å²) in [5, 5.41) is 11.7. The number of fused-ring (bicyclic) bond motifs is 3. The van der Waals surface area contributed by atoms with Crippen LogP contribution in [0.25, 0.3) is 10.9 Å². The number of H-pyrrole nitrogens is 1. The van der Waals surface area contributed by atoms with Crippen molar-refractivity contribution in [3.63, 3.8) is 0 Å². The summed E-state index contributed by atoms with van der Waals surface area (Å²) in [6.45, 7) is 5.12. The number of nitrogens with zero attached hydrogens (tertiary/aromatic N) is 1. The van der Waals surface area contributed by atoms with Gasteiger partial charge in [0.2, 0.25) is 5.91 Å². The Balaban J connectivity index is 1.82. The van der Waals surface area contributed by atoms with Crippen molar-refractivity contribution < 1.29 is 9.90 Å². The molecule has 3 rings (SSSR count). The first-order valence-corrected chi connectivity index (χ1v) is 8.08. The van der Waals surface area contributed by atoms with Gasteiger partial charge in [-0.2, -0.15) is 0 Å². The molecule has 0 saturated carbocycles. The lowest BCUT2D eigenvalue weighted by atomic mass is 10.0. The number of amides is 1. The molecular weight excluding hydrogens is 300 g/mol. The Bertz CT molecular complexity index is 708. The molecule has 1 unspecified atom stereocenters. The lowest BCUT2D eigenvalue weighted by Gasteiger charge is -2.28. The highest BCUT2D eigenvalue weighted by Crippen LogP contribution is 2.30. The molecule has 5 heteroatoms. The molecule has 2 aromatic rings. The van der Waals surface area contributed by atoms with Gasteiger partial charge in [0.1, 0.15) is 0 Å². The van der Waals surface area contributed by atoms with Gasteiger partial charge in [0.25, 0.3) is 0 Å². The van der Waals surface area contributed by atoms with Crippen molar-refractivity contribution in [2.75, 3.05) is 6.54 Å². The zero-order valence-electron chi connectivity index (χ0n) is 12.9. The molecule has 118 valence electrons. The van der Waals surface area contributed by atoms with Gasteiger partial charge in [-0.25, -0.2) is 0 Å². The topological polar surface area (TPSA) is 56.3 Å². The second kappa shape index (κ2) is 5.94. The van der Waals surface area contributed by atoms with Crippen LogP contribution in [0.15, 0.2) is 18.2 Å². The number of aliphatic hydroxyl groups excluding tert-OH is 1. The number of hydrogen-bond donors (Lipinski definition) is 2. The summed E-state index contributed by atoms with van der Waals surface area (Å²) >= 11 is 6.09. The van der Waals surface area contributed by atoms with Crippen LogP contribution in [0, 0.1) is 5.92 Å². The van der Waals surface area contributed by atoms with Gasteiger partial charge in [-0.05, 0) is 24.1 Å². The fraction of sp³-hybridized carbons (Fsp3) is 0.471. The van der Waals surface area contributed by atoms with Gasteiger partial charge in [-0.3, -0.25) is 4.79 Å². The van der Waals surface area contributed by atoms with Gasteiger partial charge >= 0.3 is 0 Å². The van der Waals surface area contributed by atoms with E-state index in [1.54, 1.807) is 0 Å². The maximum Gasteiger partial charge on any atom is 0.225 e. The number of rotatable bonds is 3. The zero-order chi connectivity index (χ0) is 15.9. The first kappa shape index (κ1) is 15.4. The fourth-order valence-corrected chi connectivity index (χ4v) is 3.12. The molecule has 0 spiro atoms. The summed E-state index contributed by atoms with van der Waals surface area (Å²) in [6.07, 6.45) is 0.424. The summed E-state index contributed by atoms with van der Waals surface area (Å²) in [5.41, 5.74) is 3.40. The minimum Gasteiger partial charge on any atom is -0.392 e. The molecule has 1 aliphatic rings. The van der Waals surface area contributed by atoms with E-state index in [0.717, 1.165) is 22.9 Å². The maximum atomic E-state index is 12.4. The van der Waals surface area contributed by atoms with E-state index in [-0.39, 0.29) is 18.2 Å². The number of benzene rings is 1. The highest BCUT2D eigenvalue weighted by atomic mass is 35.5. The number of halogens is 1. The molecule has 0 fully saturated rings. The van der Waals surface area contributed by atoms with Gasteiger partial charge in [0.15, 0.2) is 0 Å². The Labute approximate surface area is 135 Å². The Morgan fingerprint density at radius 2 is 2.23 bits per heavy atom. The van der Waals surface area contributed by atoms with Crippen molar-refractivity contribution in [1.29, 1.82) is 0 Å². The number of carbonyl (C=O) groups excluding carboxylic acids is 1. The van der Waals surface area contributed by atoms with Crippen LogP contribution >= 0.6 is 11.6 Å². The Hall–Kier alpha value is -1.52. The molecule has 1 aliphatic heterocycles. The molecule has 22 heavy (non-hydrogen) atoms. The van der Waals surface area contributed by atoms with Crippen molar-refractivity contribution in [3.05, 3.63) is 34.5 Å². The lowest BCUT2D eigenvalue weighted by Crippen LogP contribution is -2.38. The van der Waals surface area contributed by atoms with Crippen LogP contribution in [0.1, 0.15) is 31.5 Å². The van der Waals surface area contributed by atoms with Gasteiger partial charge in [-0.15, -0.1) is 0 Å². The number of nitrogens with one attached hydrogen (secondary N) is 1. The van der Waals surface area contributed by atoms with E-state index >= 15 is 0 Å². The minimum atomic E-state index is -0.577. The standard InChI is InChI=1S/C17H21ClN2O2/c1-10(2)16(21)8-17(22)20-6-5-15-13(9-20)12-7-11(18)3-4-14(12)19-15/h3-4,7,10,16,19,21H,5-6,8-9H2,1-2H3. The molecule has 0 radical (unpaired) electrons. The summed E-state index contributed by atoms with van der Waals surface area (Å²) in [6, 6.07) is 5.79. The molecule has 0 saturated heterocycles. The van der Waals surface area contributed by atoms with Crippen molar-refractivity contribution in [2.24, 2.45) is 5.92 Å². The van der Waals surface area contributed by atoms with Crippen molar-refractivity contribution >= 4 is 28.4 Å². The smallest absolute Gasteiger partial charge is 0.225 e. The Morgan fingerprint density at radius 3 is 2.95 bits per heavy atom. The normalized spacial score (nSPS) is 16.1. The summed E-state index contributed by atoms with van der Waals surface area (Å²) in [5.74, 6) is 0.111. The highest BCUT2D eigenvalue weighted by molar-refractivity contribution is 6.31. The molecule has 1 atom stereocenters. The predicted octanol–water partition coefficient (Wildman–Crippen LogP) is 3.11. The van der Waals surface area contributed by atoms with E-state index in [4.69, 9.17) is 11.6 Å². The zero-order valence-corrected chi connectivity index (χ0v) is 13.7. The SMILES string of the molecule is CC(C)C(O)CC(=O)N1CCc2[nH]c3ccc(Cl)cc3c2C1. The van der Waals surface area contributed by atoms with Crippen LogP contribution in [0.3, 0.4) is 0 Å². The van der Waals surface area contributed by atoms with Crippen LogP contribution in [-0.2, 0) is 17.8 Å². The molecule has 1 aromatic carbocycles. The third-order valence-electron chi connectivity index (χ3n) is 4.44. The molecule has 2 N–H and O–H groups in total. The van der Waals surface area contributed by atoms with Crippen LogP contribution in [0.4, 0.5) is 0 Å². The largest absolute Gasteiger partial charge is 0.392 e. The quantitative estimate of drug-likeness (QED) is 0.913. The third-order valence-corrected chi connectivity index (χ3v) is 4.68. The summed E-state index contributed by atoms with van der Waals surface area (Å²) < 4.78 is 0. The number of aromatic nitrogens is 1. The number of aliphatic hydroxyl groups is 1. The average molecular weight is 321 g/mol. The number of hydrogen-bond acceptors (Lipinski definition) is 2. The number of carbonyl (C=O) groups is 1. The van der Waals surface area contributed by atoms with E-state index in [1.165, 1.54) is 5.69 Å². The van der Waals surface area contributed by atoms with Gasteiger partial charge in [0.05, 0.1) is 12.5 Å². The van der Waals surface area contributed by atoms with E-state index in [9.17, 15) is 9.90 Å². The molecule has 0 aliphatic carbocycles. The van der Waals surface area contributed by atoms with E-state index < -0.39 is 6.10 Å². The first-order valence-electron chi connectivity index (χ1n) is 7.70. The van der Waals surface area contributed by atoms with Crippen LogP contribution in [0.5, 0.6) is 0 Å². The molecule has 2 heterocycles. The second-order valence-electron chi connectivity index (χ2n) is 6.35. The molecule has 0 bridgehead atoms. The maximum absolute atomic E-state index is 12.4.